The second kappa shape index (κ2) is 8.51. The summed E-state index contributed by atoms with van der Waals surface area (Å²) >= 11 is 0. The van der Waals surface area contributed by atoms with E-state index in [4.69, 9.17) is 10.5 Å². The fourth-order valence-corrected chi connectivity index (χ4v) is 3.86. The Bertz CT molecular complexity index is 874. The van der Waals surface area contributed by atoms with Gasteiger partial charge in [-0.05, 0) is 54.8 Å². The molecule has 0 saturated carbocycles. The molecule has 7 nitrogen and oxygen atoms in total. The molecule has 1 fully saturated rings. The van der Waals surface area contributed by atoms with Gasteiger partial charge in [-0.1, -0.05) is 12.1 Å². The number of rotatable bonds is 7. The Morgan fingerprint density at radius 1 is 1.11 bits per heavy atom. The summed E-state index contributed by atoms with van der Waals surface area (Å²) < 4.78 is 32.7. The number of nitrogens with two attached hydrogens (primary N) is 1. The second-order valence-electron chi connectivity index (χ2n) is 6.44. The highest BCUT2D eigenvalue weighted by molar-refractivity contribution is 7.89. The van der Waals surface area contributed by atoms with Crippen molar-refractivity contribution in [2.75, 3.05) is 18.9 Å². The number of ether oxygens (including phenoxy) is 1. The van der Waals surface area contributed by atoms with Crippen molar-refractivity contribution in [2.24, 2.45) is 0 Å². The van der Waals surface area contributed by atoms with Crippen LogP contribution in [0.15, 0.2) is 53.4 Å². The first-order valence-electron chi connectivity index (χ1n) is 8.78. The maximum absolute atomic E-state index is 12.3. The van der Waals surface area contributed by atoms with E-state index in [1.807, 2.05) is 0 Å². The van der Waals surface area contributed by atoms with E-state index in [1.54, 1.807) is 36.4 Å². The molecule has 0 aromatic heterocycles. The number of sulfonamides is 1. The molecule has 8 heteroatoms. The third-order valence-electron chi connectivity index (χ3n) is 4.38. The third kappa shape index (κ3) is 5.29. The average Bonchev–Trinajstić information content (AvgIpc) is 3.19. The molecule has 0 aliphatic carbocycles. The highest BCUT2D eigenvalue weighted by Crippen LogP contribution is 2.14. The lowest BCUT2D eigenvalue weighted by atomic mass is 10.2. The zero-order valence-corrected chi connectivity index (χ0v) is 15.7. The predicted octanol–water partition coefficient (Wildman–Crippen LogP) is 1.66. The van der Waals surface area contributed by atoms with Crippen LogP contribution in [0.5, 0.6) is 0 Å². The Balaban J connectivity index is 1.54. The van der Waals surface area contributed by atoms with Crippen LogP contribution in [0.2, 0.25) is 0 Å². The fourth-order valence-electron chi connectivity index (χ4n) is 2.80. The molecule has 1 amide bonds. The zero-order chi connectivity index (χ0) is 19.3. The molecule has 1 aliphatic heterocycles. The number of nitrogen functional groups attached to an aromatic ring is 1. The van der Waals surface area contributed by atoms with Crippen LogP contribution in [0.4, 0.5) is 5.69 Å². The van der Waals surface area contributed by atoms with Crippen LogP contribution in [0.25, 0.3) is 0 Å². The molecule has 0 spiro atoms. The molecule has 1 unspecified atom stereocenters. The molecule has 1 atom stereocenters. The van der Waals surface area contributed by atoms with Crippen LogP contribution in [-0.2, 0) is 21.3 Å². The lowest BCUT2D eigenvalue weighted by Gasteiger charge is -2.12. The van der Waals surface area contributed by atoms with E-state index in [9.17, 15) is 13.2 Å². The first-order valence-corrected chi connectivity index (χ1v) is 10.3. The third-order valence-corrected chi connectivity index (χ3v) is 5.82. The number of anilines is 1. The van der Waals surface area contributed by atoms with Gasteiger partial charge in [0, 0.05) is 30.9 Å². The van der Waals surface area contributed by atoms with Crippen LogP contribution in [-0.4, -0.2) is 33.6 Å². The van der Waals surface area contributed by atoms with Crippen molar-refractivity contribution < 1.29 is 17.9 Å². The fraction of sp³-hybridized carbons (Fsp3) is 0.316. The molecular weight excluding hydrogens is 366 g/mol. The first kappa shape index (κ1) is 19.3. The van der Waals surface area contributed by atoms with E-state index in [1.165, 1.54) is 12.1 Å². The van der Waals surface area contributed by atoms with E-state index in [0.29, 0.717) is 24.4 Å². The van der Waals surface area contributed by atoms with Gasteiger partial charge in [0.25, 0.3) is 5.91 Å². The second-order valence-corrected chi connectivity index (χ2v) is 8.20. The molecule has 3 rings (SSSR count). The van der Waals surface area contributed by atoms with Crippen molar-refractivity contribution in [3.05, 3.63) is 59.7 Å². The quantitative estimate of drug-likeness (QED) is 0.624. The van der Waals surface area contributed by atoms with Gasteiger partial charge in [-0.25, -0.2) is 13.1 Å². The summed E-state index contributed by atoms with van der Waals surface area (Å²) in [7, 11) is -3.57. The van der Waals surface area contributed by atoms with E-state index >= 15 is 0 Å². The minimum absolute atomic E-state index is 0.0532. The Morgan fingerprint density at radius 2 is 1.81 bits per heavy atom. The molecule has 1 saturated heterocycles. The van der Waals surface area contributed by atoms with Crippen molar-refractivity contribution in [3.63, 3.8) is 0 Å². The molecule has 2 aromatic carbocycles. The van der Waals surface area contributed by atoms with Crippen molar-refractivity contribution in [3.8, 4) is 0 Å². The van der Waals surface area contributed by atoms with Gasteiger partial charge < -0.3 is 15.8 Å². The van der Waals surface area contributed by atoms with Crippen LogP contribution in [0.3, 0.4) is 0 Å². The van der Waals surface area contributed by atoms with Crippen molar-refractivity contribution in [1.82, 2.24) is 10.0 Å². The highest BCUT2D eigenvalue weighted by Gasteiger charge is 2.20. The molecule has 2 aromatic rings. The highest BCUT2D eigenvalue weighted by atomic mass is 32.2. The summed E-state index contributed by atoms with van der Waals surface area (Å²) in [6, 6.07) is 13.1. The Kier molecular flexibility index (Phi) is 6.10. The SMILES string of the molecule is Nc1ccc(C(=O)NCc2ccc(S(=O)(=O)NCC3CCCO3)cc2)cc1. The van der Waals surface area contributed by atoms with Gasteiger partial charge in [0.2, 0.25) is 10.0 Å². The molecule has 1 aliphatic rings. The maximum atomic E-state index is 12.3. The number of hydrogen-bond donors (Lipinski definition) is 3. The number of nitrogens with one attached hydrogen (secondary N) is 2. The topological polar surface area (TPSA) is 111 Å². The number of amides is 1. The summed E-state index contributed by atoms with van der Waals surface area (Å²) in [6.45, 7) is 1.26. The molecular formula is C19H23N3O4S. The van der Waals surface area contributed by atoms with E-state index in [2.05, 4.69) is 10.0 Å². The van der Waals surface area contributed by atoms with E-state index < -0.39 is 10.0 Å². The van der Waals surface area contributed by atoms with Crippen molar-refractivity contribution >= 4 is 21.6 Å². The summed E-state index contributed by atoms with van der Waals surface area (Å²) in [5.41, 5.74) is 7.52. The first-order chi connectivity index (χ1) is 12.9. The van der Waals surface area contributed by atoms with E-state index in [0.717, 1.165) is 18.4 Å². The number of benzene rings is 2. The lowest BCUT2D eigenvalue weighted by molar-refractivity contribution is 0.0951. The van der Waals surface area contributed by atoms with Crippen LogP contribution in [0.1, 0.15) is 28.8 Å². The Morgan fingerprint density at radius 3 is 2.44 bits per heavy atom. The molecule has 0 bridgehead atoms. The Hall–Kier alpha value is -2.42. The average molecular weight is 389 g/mol. The predicted molar refractivity (Wildman–Crippen MR) is 103 cm³/mol. The number of carbonyl (C=O) groups is 1. The number of carbonyl (C=O) groups excluding carboxylic acids is 1. The molecule has 0 radical (unpaired) electrons. The van der Waals surface area contributed by atoms with Crippen LogP contribution >= 0.6 is 0 Å². The summed E-state index contributed by atoms with van der Waals surface area (Å²) in [6.07, 6.45) is 1.78. The maximum Gasteiger partial charge on any atom is 0.251 e. The monoisotopic (exact) mass is 389 g/mol. The normalized spacial score (nSPS) is 17.0. The van der Waals surface area contributed by atoms with Gasteiger partial charge in [-0.15, -0.1) is 0 Å². The minimum atomic E-state index is -3.57. The molecule has 27 heavy (non-hydrogen) atoms. The number of hydrogen-bond acceptors (Lipinski definition) is 5. The van der Waals surface area contributed by atoms with Gasteiger partial charge in [0.05, 0.1) is 11.0 Å². The lowest BCUT2D eigenvalue weighted by Crippen LogP contribution is -2.31. The van der Waals surface area contributed by atoms with Crippen molar-refractivity contribution in [2.45, 2.75) is 30.4 Å². The standard InChI is InChI=1S/C19H23N3O4S/c20-16-7-5-15(6-8-16)19(23)21-12-14-3-9-18(10-4-14)27(24,25)22-13-17-2-1-11-26-17/h3-10,17,22H,1-2,11-13,20H2,(H,21,23). The molecule has 144 valence electrons. The minimum Gasteiger partial charge on any atom is -0.399 e. The summed E-state index contributed by atoms with van der Waals surface area (Å²) in [4.78, 5) is 12.3. The molecule has 4 N–H and O–H groups in total. The zero-order valence-electron chi connectivity index (χ0n) is 14.9. The van der Waals surface area contributed by atoms with E-state index in [-0.39, 0.29) is 23.5 Å². The van der Waals surface area contributed by atoms with Crippen molar-refractivity contribution in [1.29, 1.82) is 0 Å². The van der Waals surface area contributed by atoms with Crippen LogP contribution in [0, 0.1) is 0 Å². The van der Waals surface area contributed by atoms with Crippen LogP contribution < -0.4 is 15.8 Å². The molecule has 1 heterocycles. The van der Waals surface area contributed by atoms with Gasteiger partial charge in [-0.2, -0.15) is 0 Å². The van der Waals surface area contributed by atoms with Gasteiger partial charge in [-0.3, -0.25) is 4.79 Å². The summed E-state index contributed by atoms with van der Waals surface area (Å²) in [5, 5.41) is 2.79. The van der Waals surface area contributed by atoms with Gasteiger partial charge in [0.1, 0.15) is 0 Å². The van der Waals surface area contributed by atoms with Gasteiger partial charge in [0.15, 0.2) is 0 Å². The largest absolute Gasteiger partial charge is 0.399 e. The summed E-state index contributed by atoms with van der Waals surface area (Å²) in [5.74, 6) is -0.218. The smallest absolute Gasteiger partial charge is 0.251 e. The van der Waals surface area contributed by atoms with Gasteiger partial charge >= 0.3 is 0 Å². The Labute approximate surface area is 159 Å².